The molecule has 0 aromatic carbocycles. The number of esters is 1. The molecule has 0 aromatic rings. The van der Waals surface area contributed by atoms with Gasteiger partial charge in [0.05, 0.1) is 17.6 Å². The summed E-state index contributed by atoms with van der Waals surface area (Å²) in [4.78, 5) is 12.7. The highest BCUT2D eigenvalue weighted by Gasteiger charge is 2.74. The summed E-state index contributed by atoms with van der Waals surface area (Å²) < 4.78 is 18.5. The Morgan fingerprint density at radius 2 is 2.14 bits per heavy atom. The molecule has 3 aliphatic carbocycles. The average molecular weight is 302 g/mol. The second-order valence-electron chi connectivity index (χ2n) is 8.48. The van der Waals surface area contributed by atoms with Crippen LogP contribution in [0.25, 0.3) is 0 Å². The highest BCUT2D eigenvalue weighted by Crippen LogP contribution is 2.63. The van der Waals surface area contributed by atoms with Gasteiger partial charge < -0.3 is 14.2 Å². The zero-order valence-electron chi connectivity index (χ0n) is 12.8. The van der Waals surface area contributed by atoms with Crippen LogP contribution in [0.1, 0.15) is 32.6 Å². The highest BCUT2D eigenvalue weighted by atomic mass is 16.6. The van der Waals surface area contributed by atoms with Crippen molar-refractivity contribution in [1.82, 2.24) is 0 Å². The van der Waals surface area contributed by atoms with Crippen molar-refractivity contribution < 1.29 is 19.0 Å². The molecule has 10 unspecified atom stereocenters. The molecule has 0 aromatic heterocycles. The Labute approximate surface area is 130 Å². The topological polar surface area (TPSA) is 44.8 Å². The number of rotatable bonds is 2. The molecule has 3 saturated heterocycles. The van der Waals surface area contributed by atoms with Gasteiger partial charge in [-0.25, -0.2) is 0 Å². The van der Waals surface area contributed by atoms with E-state index in [1.54, 1.807) is 0 Å². The molecule has 6 rings (SSSR count). The van der Waals surface area contributed by atoms with Gasteiger partial charge in [0.15, 0.2) is 6.10 Å². The van der Waals surface area contributed by atoms with Gasteiger partial charge in [0.1, 0.15) is 12.2 Å². The van der Waals surface area contributed by atoms with E-state index in [0.717, 1.165) is 25.7 Å². The summed E-state index contributed by atoms with van der Waals surface area (Å²) in [6.07, 6.45) is 8.93. The number of hydrogen-bond acceptors (Lipinski definition) is 4. The Morgan fingerprint density at radius 1 is 1.23 bits per heavy atom. The monoisotopic (exact) mass is 302 g/mol. The first kappa shape index (κ1) is 12.5. The molecular weight excluding hydrogens is 280 g/mol. The first-order valence-electron chi connectivity index (χ1n) is 8.86. The SMILES string of the molecule is CC12CCC3C4OC(C(O1)C4OC(=O)C1CC4C=CC1C4)C32. The van der Waals surface area contributed by atoms with Crippen LogP contribution in [0.15, 0.2) is 12.2 Å². The zero-order valence-corrected chi connectivity index (χ0v) is 12.8. The molecule has 2 saturated carbocycles. The molecule has 4 heteroatoms. The number of carbonyl (C=O) groups excluding carboxylic acids is 1. The minimum atomic E-state index is -0.163. The van der Waals surface area contributed by atoms with E-state index >= 15 is 0 Å². The van der Waals surface area contributed by atoms with Crippen LogP contribution in [0, 0.1) is 29.6 Å². The van der Waals surface area contributed by atoms with Crippen molar-refractivity contribution in [2.45, 2.75) is 62.6 Å². The molecule has 0 amide bonds. The van der Waals surface area contributed by atoms with Crippen LogP contribution in [-0.4, -0.2) is 36.0 Å². The third-order valence-corrected chi connectivity index (χ3v) is 7.44. The standard InChI is InChI=1S/C18H22O4/c1-18-5-4-10-12(18)14-16(22-18)15(13(10)20-14)21-17(19)11-7-8-2-3-9(11)6-8/h2-3,8-16H,4-7H2,1H3. The van der Waals surface area contributed by atoms with Crippen LogP contribution in [0.4, 0.5) is 0 Å². The van der Waals surface area contributed by atoms with E-state index in [0.29, 0.717) is 23.7 Å². The molecule has 0 spiro atoms. The van der Waals surface area contributed by atoms with E-state index in [1.807, 2.05) is 0 Å². The summed E-state index contributed by atoms with van der Waals surface area (Å²) in [5.41, 5.74) is -0.0366. The molecule has 3 aliphatic heterocycles. The van der Waals surface area contributed by atoms with E-state index in [1.165, 1.54) is 0 Å². The summed E-state index contributed by atoms with van der Waals surface area (Å²) in [7, 11) is 0. The minimum absolute atomic E-state index is 0.00826. The quantitative estimate of drug-likeness (QED) is 0.579. The number of allylic oxidation sites excluding steroid dienone is 2. The molecule has 3 heterocycles. The van der Waals surface area contributed by atoms with Gasteiger partial charge in [-0.1, -0.05) is 12.2 Å². The Morgan fingerprint density at radius 3 is 2.91 bits per heavy atom. The summed E-state index contributed by atoms with van der Waals surface area (Å²) in [5, 5.41) is 0. The fraction of sp³-hybridized carbons (Fsp3) is 0.833. The maximum atomic E-state index is 12.7. The van der Waals surface area contributed by atoms with Crippen molar-refractivity contribution in [3.05, 3.63) is 12.2 Å². The molecule has 0 radical (unpaired) electrons. The second-order valence-corrected chi connectivity index (χ2v) is 8.48. The van der Waals surface area contributed by atoms with E-state index in [-0.39, 0.29) is 41.9 Å². The Bertz CT molecular complexity index is 578. The van der Waals surface area contributed by atoms with Crippen molar-refractivity contribution in [3.63, 3.8) is 0 Å². The highest BCUT2D eigenvalue weighted by molar-refractivity contribution is 5.74. The van der Waals surface area contributed by atoms with Gasteiger partial charge in [-0.15, -0.1) is 0 Å². The van der Waals surface area contributed by atoms with E-state index in [9.17, 15) is 4.79 Å². The first-order chi connectivity index (χ1) is 10.6. The van der Waals surface area contributed by atoms with E-state index < -0.39 is 0 Å². The van der Waals surface area contributed by atoms with Gasteiger partial charge in [-0.3, -0.25) is 4.79 Å². The predicted octanol–water partition coefficient (Wildman–Crippen LogP) is 2.08. The molecular formula is C18H22O4. The number of ether oxygens (including phenoxy) is 3. The lowest BCUT2D eigenvalue weighted by atomic mass is 9.77. The third kappa shape index (κ3) is 1.32. The number of hydrogen-bond donors (Lipinski definition) is 0. The molecule has 6 aliphatic rings. The van der Waals surface area contributed by atoms with Gasteiger partial charge in [-0.2, -0.15) is 0 Å². The van der Waals surface area contributed by atoms with Gasteiger partial charge in [0.25, 0.3) is 0 Å². The molecule has 4 bridgehead atoms. The van der Waals surface area contributed by atoms with Crippen molar-refractivity contribution in [2.24, 2.45) is 29.6 Å². The molecule has 118 valence electrons. The van der Waals surface area contributed by atoms with Gasteiger partial charge in [0, 0.05) is 5.92 Å². The minimum Gasteiger partial charge on any atom is -0.456 e. The summed E-state index contributed by atoms with van der Waals surface area (Å²) in [6.45, 7) is 2.22. The molecule has 5 fully saturated rings. The van der Waals surface area contributed by atoms with Crippen molar-refractivity contribution >= 4 is 5.97 Å². The van der Waals surface area contributed by atoms with Crippen LogP contribution in [0.5, 0.6) is 0 Å². The Balaban J connectivity index is 1.25. The normalized spacial score (nSPS) is 62.3. The lowest BCUT2D eigenvalue weighted by Gasteiger charge is -2.30. The summed E-state index contributed by atoms with van der Waals surface area (Å²) in [5.74, 6) is 2.13. The Hall–Kier alpha value is -0.870. The summed E-state index contributed by atoms with van der Waals surface area (Å²) in [6, 6.07) is 0. The van der Waals surface area contributed by atoms with Crippen LogP contribution in [0.2, 0.25) is 0 Å². The second kappa shape index (κ2) is 3.78. The number of carbonyl (C=O) groups is 1. The Kier molecular flexibility index (Phi) is 2.16. The van der Waals surface area contributed by atoms with Crippen LogP contribution < -0.4 is 0 Å². The van der Waals surface area contributed by atoms with E-state index in [4.69, 9.17) is 14.2 Å². The molecule has 10 atom stereocenters. The summed E-state index contributed by atoms with van der Waals surface area (Å²) >= 11 is 0. The molecule has 4 nitrogen and oxygen atoms in total. The smallest absolute Gasteiger partial charge is 0.310 e. The lowest BCUT2D eigenvalue weighted by molar-refractivity contribution is -0.167. The fourth-order valence-corrected chi connectivity index (χ4v) is 6.55. The third-order valence-electron chi connectivity index (χ3n) is 7.44. The lowest BCUT2D eigenvalue weighted by Crippen LogP contribution is -2.45. The maximum Gasteiger partial charge on any atom is 0.310 e. The maximum absolute atomic E-state index is 12.7. The zero-order chi connectivity index (χ0) is 14.6. The van der Waals surface area contributed by atoms with Crippen molar-refractivity contribution in [2.75, 3.05) is 0 Å². The fourth-order valence-electron chi connectivity index (χ4n) is 6.55. The predicted molar refractivity (Wildman–Crippen MR) is 76.9 cm³/mol. The molecule has 0 N–H and O–H groups in total. The molecule has 22 heavy (non-hydrogen) atoms. The van der Waals surface area contributed by atoms with Crippen LogP contribution in [0.3, 0.4) is 0 Å². The van der Waals surface area contributed by atoms with Crippen LogP contribution in [-0.2, 0) is 19.0 Å². The van der Waals surface area contributed by atoms with Gasteiger partial charge in [0.2, 0.25) is 0 Å². The number of fused-ring (bicyclic) bond motifs is 4. The largest absolute Gasteiger partial charge is 0.456 e. The average Bonchev–Trinajstić information content (AvgIpc) is 3.25. The van der Waals surface area contributed by atoms with Gasteiger partial charge in [-0.05, 0) is 50.4 Å². The first-order valence-corrected chi connectivity index (χ1v) is 8.86. The van der Waals surface area contributed by atoms with Crippen LogP contribution >= 0.6 is 0 Å². The van der Waals surface area contributed by atoms with Crippen molar-refractivity contribution in [1.29, 1.82) is 0 Å². The van der Waals surface area contributed by atoms with E-state index in [2.05, 4.69) is 19.1 Å². The van der Waals surface area contributed by atoms with Gasteiger partial charge >= 0.3 is 5.97 Å². The van der Waals surface area contributed by atoms with Crippen molar-refractivity contribution in [3.8, 4) is 0 Å².